The van der Waals surface area contributed by atoms with E-state index in [1.54, 1.807) is 19.9 Å². The number of urea groups is 1. The largest absolute Gasteiger partial charge is 0.384 e. The van der Waals surface area contributed by atoms with E-state index in [1.165, 1.54) is 18.3 Å². The highest BCUT2D eigenvalue weighted by Gasteiger charge is 2.34. The number of carbonyl (C=O) groups is 1. The number of hydrogen-bond acceptors (Lipinski definition) is 7. The van der Waals surface area contributed by atoms with Gasteiger partial charge in [-0.25, -0.2) is 28.2 Å². The number of nitrogens with two attached hydrogens (primary N) is 2. The van der Waals surface area contributed by atoms with Gasteiger partial charge in [-0.3, -0.25) is 5.32 Å². The van der Waals surface area contributed by atoms with Gasteiger partial charge in [-0.05, 0) is 26.0 Å². The fourth-order valence-electron chi connectivity index (χ4n) is 1.82. The monoisotopic (exact) mass is 350 g/mol. The Bertz CT molecular complexity index is 878. The minimum Gasteiger partial charge on any atom is -0.384 e. The summed E-state index contributed by atoms with van der Waals surface area (Å²) in [6, 6.07) is 3.84. The van der Waals surface area contributed by atoms with Crippen LogP contribution in [0.1, 0.15) is 19.5 Å². The topological polar surface area (TPSA) is 154 Å². The lowest BCUT2D eigenvalue weighted by molar-refractivity contribution is 0.259. The van der Waals surface area contributed by atoms with Crippen LogP contribution in [0.15, 0.2) is 24.4 Å². The summed E-state index contributed by atoms with van der Waals surface area (Å²) in [5.41, 5.74) is 11.6. The molecule has 0 aliphatic rings. The molecule has 5 N–H and O–H groups in total. The highest BCUT2D eigenvalue weighted by molar-refractivity contribution is 7.91. The van der Waals surface area contributed by atoms with Crippen LogP contribution in [-0.4, -0.2) is 35.7 Å². The van der Waals surface area contributed by atoms with Gasteiger partial charge in [0.1, 0.15) is 16.4 Å². The van der Waals surface area contributed by atoms with E-state index in [0.29, 0.717) is 5.56 Å². The minimum atomic E-state index is -3.41. The van der Waals surface area contributed by atoms with Gasteiger partial charge in [0, 0.05) is 24.1 Å². The van der Waals surface area contributed by atoms with Gasteiger partial charge in [0.05, 0.1) is 5.69 Å². The summed E-state index contributed by atoms with van der Waals surface area (Å²) in [5, 5.41) is 2.33. The van der Waals surface area contributed by atoms with Gasteiger partial charge >= 0.3 is 6.03 Å². The lowest BCUT2D eigenvalue weighted by Crippen LogP contribution is -2.29. The number of pyridine rings is 1. The summed E-state index contributed by atoms with van der Waals surface area (Å²) in [7, 11) is -3.41. The molecule has 0 atom stereocenters. The maximum atomic E-state index is 12.0. The Balaban J connectivity index is 2.47. The van der Waals surface area contributed by atoms with Crippen molar-refractivity contribution in [1.82, 2.24) is 15.0 Å². The Hall–Kier alpha value is -2.75. The molecule has 24 heavy (non-hydrogen) atoms. The molecule has 2 aromatic rings. The van der Waals surface area contributed by atoms with Crippen LogP contribution in [0.3, 0.4) is 0 Å². The third kappa shape index (κ3) is 3.59. The summed E-state index contributed by atoms with van der Waals surface area (Å²) >= 11 is 0. The molecule has 0 saturated heterocycles. The fourth-order valence-corrected chi connectivity index (χ4v) is 2.30. The molecular weight excluding hydrogens is 332 g/mol. The van der Waals surface area contributed by atoms with Crippen LogP contribution in [0.25, 0.3) is 11.4 Å². The number of nitrogens with one attached hydrogen (secondary N) is 1. The number of primary amides is 1. The molecule has 0 radical (unpaired) electrons. The first-order valence-corrected chi connectivity index (χ1v) is 8.77. The number of anilines is 2. The summed E-state index contributed by atoms with van der Waals surface area (Å²) in [6.45, 7) is 3.10. The van der Waals surface area contributed by atoms with Gasteiger partial charge < -0.3 is 11.5 Å². The lowest BCUT2D eigenvalue weighted by Gasteiger charge is -2.22. The third-order valence-electron chi connectivity index (χ3n) is 3.56. The third-order valence-corrected chi connectivity index (χ3v) is 5.63. The van der Waals surface area contributed by atoms with Crippen LogP contribution >= 0.6 is 0 Å². The molecule has 2 amide bonds. The minimum absolute atomic E-state index is 0.145. The average Bonchev–Trinajstić information content (AvgIpc) is 2.45. The molecule has 0 saturated carbocycles. The molecule has 2 rings (SSSR count). The Morgan fingerprint density at radius 3 is 2.42 bits per heavy atom. The van der Waals surface area contributed by atoms with Crippen LogP contribution in [0.4, 0.5) is 16.4 Å². The molecule has 0 aliphatic carbocycles. The van der Waals surface area contributed by atoms with E-state index in [-0.39, 0.29) is 23.2 Å². The van der Waals surface area contributed by atoms with Gasteiger partial charge in [0.25, 0.3) is 0 Å². The number of nitrogen functional groups attached to an aromatic ring is 1. The van der Waals surface area contributed by atoms with Crippen LogP contribution in [-0.2, 0) is 14.6 Å². The molecule has 9 nitrogen and oxygen atoms in total. The van der Waals surface area contributed by atoms with Crippen LogP contribution < -0.4 is 16.8 Å². The van der Waals surface area contributed by atoms with Gasteiger partial charge in [-0.15, -0.1) is 0 Å². The second-order valence-corrected chi connectivity index (χ2v) is 8.27. The second-order valence-electron chi connectivity index (χ2n) is 5.71. The zero-order valence-corrected chi connectivity index (χ0v) is 14.3. The summed E-state index contributed by atoms with van der Waals surface area (Å²) in [4.78, 5) is 23.2. The molecule has 128 valence electrons. The first-order valence-electron chi connectivity index (χ1n) is 6.88. The number of sulfone groups is 1. The van der Waals surface area contributed by atoms with Crippen molar-refractivity contribution in [3.63, 3.8) is 0 Å². The summed E-state index contributed by atoms with van der Waals surface area (Å²) in [6.07, 6.45) is 2.56. The predicted octanol–water partition coefficient (Wildman–Crippen LogP) is 0.891. The molecule has 2 heterocycles. The highest BCUT2D eigenvalue weighted by atomic mass is 32.2. The zero-order chi connectivity index (χ0) is 18.1. The first-order chi connectivity index (χ1) is 11.0. The van der Waals surface area contributed by atoms with Gasteiger partial charge in [-0.1, -0.05) is 0 Å². The van der Waals surface area contributed by atoms with Crippen molar-refractivity contribution in [3.05, 3.63) is 30.1 Å². The number of rotatable bonds is 4. The van der Waals surface area contributed by atoms with E-state index >= 15 is 0 Å². The van der Waals surface area contributed by atoms with E-state index in [9.17, 15) is 13.2 Å². The Morgan fingerprint density at radius 1 is 1.25 bits per heavy atom. The Labute approximate surface area is 139 Å². The average molecular weight is 350 g/mol. The summed E-state index contributed by atoms with van der Waals surface area (Å²) in [5.74, 6) is 0.651. The van der Waals surface area contributed by atoms with E-state index in [0.717, 1.165) is 6.26 Å². The molecule has 0 aliphatic heterocycles. The van der Waals surface area contributed by atoms with Crippen molar-refractivity contribution in [2.24, 2.45) is 5.73 Å². The normalized spacial score (nSPS) is 12.0. The number of carbonyl (C=O) groups excluding carboxylic acids is 1. The molecule has 0 fully saturated rings. The van der Waals surface area contributed by atoms with E-state index in [2.05, 4.69) is 20.3 Å². The zero-order valence-electron chi connectivity index (χ0n) is 13.4. The maximum absolute atomic E-state index is 12.0. The van der Waals surface area contributed by atoms with Crippen molar-refractivity contribution in [2.45, 2.75) is 18.6 Å². The molecule has 10 heteroatoms. The van der Waals surface area contributed by atoms with E-state index in [1.807, 2.05) is 0 Å². The predicted molar refractivity (Wildman–Crippen MR) is 90.8 cm³/mol. The molecule has 0 bridgehead atoms. The Kier molecular flexibility index (Phi) is 4.43. The quantitative estimate of drug-likeness (QED) is 0.739. The van der Waals surface area contributed by atoms with Gasteiger partial charge in [0.15, 0.2) is 15.7 Å². The highest BCUT2D eigenvalue weighted by Crippen LogP contribution is 2.29. The molecule has 0 aromatic carbocycles. The maximum Gasteiger partial charge on any atom is 0.317 e. The second kappa shape index (κ2) is 6.04. The van der Waals surface area contributed by atoms with Crippen molar-refractivity contribution >= 4 is 27.5 Å². The van der Waals surface area contributed by atoms with Crippen molar-refractivity contribution in [2.75, 3.05) is 17.3 Å². The van der Waals surface area contributed by atoms with Crippen molar-refractivity contribution in [3.8, 4) is 11.4 Å². The molecule has 2 aromatic heterocycles. The number of hydrogen-bond donors (Lipinski definition) is 3. The molecule has 0 spiro atoms. The van der Waals surface area contributed by atoms with E-state index in [4.69, 9.17) is 11.5 Å². The number of nitrogens with zero attached hydrogens (tertiary/aromatic N) is 3. The Morgan fingerprint density at radius 2 is 1.92 bits per heavy atom. The smallest absolute Gasteiger partial charge is 0.317 e. The van der Waals surface area contributed by atoms with E-state index < -0.39 is 20.6 Å². The summed E-state index contributed by atoms with van der Waals surface area (Å²) < 4.78 is 22.8. The number of amides is 2. The molecule has 0 unspecified atom stereocenters. The van der Waals surface area contributed by atoms with Crippen molar-refractivity contribution in [1.29, 1.82) is 0 Å². The van der Waals surface area contributed by atoms with Crippen molar-refractivity contribution < 1.29 is 13.2 Å². The van der Waals surface area contributed by atoms with Crippen LogP contribution in [0.2, 0.25) is 0 Å². The first kappa shape index (κ1) is 17.6. The lowest BCUT2D eigenvalue weighted by atomic mass is 10.1. The fraction of sp³-hybridized carbons (Fsp3) is 0.286. The number of aromatic nitrogens is 3. The van der Waals surface area contributed by atoms with Crippen LogP contribution in [0, 0.1) is 0 Å². The standard InChI is InChI=1S/C14H18N6O3S/c1-14(2,24(3,22)23)9-6-10(15)19-12(18-9)8-4-5-11(17-7-8)20-13(16)21/h4-7H,1-3H3,(H2,15,18,19)(H3,16,17,20,21). The van der Waals surface area contributed by atoms with Gasteiger partial charge in [0.2, 0.25) is 0 Å². The van der Waals surface area contributed by atoms with Crippen LogP contribution in [0.5, 0.6) is 0 Å². The molecular formula is C14H18N6O3S. The van der Waals surface area contributed by atoms with Gasteiger partial charge in [-0.2, -0.15) is 0 Å². The SMILES string of the molecule is CC(C)(c1cc(N)nc(-c2ccc(NC(N)=O)nc2)n1)S(C)(=O)=O.